The molecule has 0 aromatic rings. The van der Waals surface area contributed by atoms with Crippen LogP contribution in [0.4, 0.5) is 0 Å². The van der Waals surface area contributed by atoms with Gasteiger partial charge in [-0.1, -0.05) is 0 Å². The van der Waals surface area contributed by atoms with Crippen LogP contribution < -0.4 is 87.7 Å². The Bertz CT molecular complexity index is 7.51. The van der Waals surface area contributed by atoms with Crippen molar-refractivity contribution < 1.29 is 105 Å². The van der Waals surface area contributed by atoms with E-state index in [9.17, 15) is 0 Å². The Balaban J connectivity index is 0. The standard InChI is InChI=1S/Cr.Cs.4FH/h;;4*1H/q+3;+1;;;;/p-4. The molecule has 35 valence electrons. The first-order chi connectivity index (χ1) is 0. The fourth-order valence-electron chi connectivity index (χ4n) is 0. The molecule has 0 nitrogen and oxygen atoms in total. The summed E-state index contributed by atoms with van der Waals surface area (Å²) in [6, 6.07) is 0. The van der Waals surface area contributed by atoms with Crippen molar-refractivity contribution in [2.75, 3.05) is 0 Å². The van der Waals surface area contributed by atoms with E-state index in [1.54, 1.807) is 0 Å². The quantitative estimate of drug-likeness (QED) is 0.380. The molecule has 0 N–H and O–H groups in total. The topological polar surface area (TPSA) is 0 Å². The Labute approximate surface area is 102 Å². The molecule has 0 saturated carbocycles. The first kappa shape index (κ1) is 83.4. The fourth-order valence-corrected chi connectivity index (χ4v) is 0. The molecule has 0 aliphatic rings. The van der Waals surface area contributed by atoms with Crippen LogP contribution in [-0.2, 0) is 17.4 Å². The van der Waals surface area contributed by atoms with Crippen LogP contribution in [-0.4, -0.2) is 0 Å². The van der Waals surface area contributed by atoms with Gasteiger partial charge in [0.15, 0.2) is 0 Å². The second-order valence-electron chi connectivity index (χ2n) is 0. The third kappa shape index (κ3) is 33.4. The second-order valence-corrected chi connectivity index (χ2v) is 0. The summed E-state index contributed by atoms with van der Waals surface area (Å²) in [7, 11) is 0. The zero-order chi connectivity index (χ0) is 0. The van der Waals surface area contributed by atoms with E-state index in [0.717, 1.165) is 0 Å². The minimum absolute atomic E-state index is 0. The molecule has 0 atom stereocenters. The number of hydrogen-bond donors (Lipinski definition) is 0. The Hall–Kier alpha value is 2.30. The minimum Gasteiger partial charge on any atom is -1.00 e. The molecule has 1 radical (unpaired) electrons. The number of rotatable bonds is 0. The van der Waals surface area contributed by atoms with Gasteiger partial charge < -0.3 is 18.8 Å². The maximum absolute atomic E-state index is 0. The van der Waals surface area contributed by atoms with Crippen molar-refractivity contribution >= 4 is 0 Å². The van der Waals surface area contributed by atoms with Crippen molar-refractivity contribution in [1.82, 2.24) is 0 Å². The van der Waals surface area contributed by atoms with E-state index in [1.807, 2.05) is 0 Å². The predicted octanol–water partition coefficient (Wildman–Crippen LogP) is -15.0. The Morgan fingerprint density at radius 1 is 0.500 bits per heavy atom. The zero-order valence-electron chi connectivity index (χ0n) is 2.92. The molecule has 0 unspecified atom stereocenters. The SMILES string of the molecule is [Cr+3].[Cs+].[F-].[F-].[F-].[F-]. The molecule has 0 aliphatic carbocycles. The second kappa shape index (κ2) is 54.7. The van der Waals surface area contributed by atoms with Gasteiger partial charge in [0.25, 0.3) is 0 Å². The van der Waals surface area contributed by atoms with Crippen LogP contribution in [0.2, 0.25) is 0 Å². The van der Waals surface area contributed by atoms with Crippen LogP contribution in [0.1, 0.15) is 0 Å². The van der Waals surface area contributed by atoms with Crippen molar-refractivity contribution in [3.8, 4) is 0 Å². The van der Waals surface area contributed by atoms with Crippen LogP contribution in [0.25, 0.3) is 0 Å². The Morgan fingerprint density at radius 3 is 0.500 bits per heavy atom. The zero-order valence-corrected chi connectivity index (χ0v) is 10.5. The third-order valence-electron chi connectivity index (χ3n) is 0. The van der Waals surface area contributed by atoms with Crippen LogP contribution in [0.5, 0.6) is 0 Å². The van der Waals surface area contributed by atoms with Gasteiger partial charge >= 0.3 is 86.3 Å². The molecule has 0 aromatic heterocycles. The largest absolute Gasteiger partial charge is 3.00 e. The van der Waals surface area contributed by atoms with Crippen molar-refractivity contribution in [2.24, 2.45) is 0 Å². The van der Waals surface area contributed by atoms with E-state index in [0.29, 0.717) is 0 Å². The smallest absolute Gasteiger partial charge is 1.00 e. The monoisotopic (exact) mass is 261 g/mol. The molecular formula is CrCsF4. The van der Waals surface area contributed by atoms with Crippen molar-refractivity contribution in [2.45, 2.75) is 0 Å². The maximum Gasteiger partial charge on any atom is 3.00 e. The van der Waals surface area contributed by atoms with Crippen LogP contribution in [0.15, 0.2) is 0 Å². The number of hydrogen-bond acceptors (Lipinski definition) is 0. The van der Waals surface area contributed by atoms with Gasteiger partial charge in [0.05, 0.1) is 0 Å². The Morgan fingerprint density at radius 2 is 0.500 bits per heavy atom. The van der Waals surface area contributed by atoms with Crippen molar-refractivity contribution in [1.29, 1.82) is 0 Å². The predicted molar refractivity (Wildman–Crippen MR) is 0 cm³/mol. The summed E-state index contributed by atoms with van der Waals surface area (Å²) in [6.07, 6.45) is 0. The molecule has 0 bridgehead atoms. The summed E-state index contributed by atoms with van der Waals surface area (Å²) in [5.74, 6) is 0. The molecule has 0 saturated heterocycles. The summed E-state index contributed by atoms with van der Waals surface area (Å²) >= 11 is 0. The number of halogens is 4. The van der Waals surface area contributed by atoms with Gasteiger partial charge in [-0.2, -0.15) is 0 Å². The average molecular weight is 261 g/mol. The van der Waals surface area contributed by atoms with Crippen LogP contribution in [0.3, 0.4) is 0 Å². The van der Waals surface area contributed by atoms with Gasteiger partial charge in [0.1, 0.15) is 0 Å². The van der Waals surface area contributed by atoms with Gasteiger partial charge in [-0.3, -0.25) is 0 Å². The van der Waals surface area contributed by atoms with Gasteiger partial charge in [0, 0.05) is 0 Å². The fraction of sp³-hybridized carbons (Fsp3) is 0. The van der Waals surface area contributed by atoms with Gasteiger partial charge in [-0.25, -0.2) is 0 Å². The molecule has 0 fully saturated rings. The molecule has 0 amide bonds. The molecule has 0 rings (SSSR count). The minimum atomic E-state index is 0. The molecule has 0 aliphatic heterocycles. The molecule has 0 spiro atoms. The van der Waals surface area contributed by atoms with E-state index in [2.05, 4.69) is 0 Å². The van der Waals surface area contributed by atoms with Gasteiger partial charge in [-0.05, 0) is 0 Å². The van der Waals surface area contributed by atoms with Gasteiger partial charge in [-0.15, -0.1) is 0 Å². The molecular weight excluding hydrogens is 261 g/mol. The summed E-state index contributed by atoms with van der Waals surface area (Å²) in [5.41, 5.74) is 0. The van der Waals surface area contributed by atoms with Crippen molar-refractivity contribution in [3.63, 3.8) is 0 Å². The van der Waals surface area contributed by atoms with E-state index in [1.165, 1.54) is 0 Å². The van der Waals surface area contributed by atoms with E-state index >= 15 is 0 Å². The van der Waals surface area contributed by atoms with Crippen LogP contribution >= 0.6 is 0 Å². The maximum atomic E-state index is 0. The first-order valence-electron chi connectivity index (χ1n) is 0. The average Bonchev–Trinajstić information content (AvgIpc) is 0. The molecule has 0 heterocycles. The summed E-state index contributed by atoms with van der Waals surface area (Å²) < 4.78 is 0. The van der Waals surface area contributed by atoms with E-state index < -0.39 is 0 Å². The normalized spacial score (nSPS) is 0. The molecule has 6 heteroatoms. The molecule has 6 heavy (non-hydrogen) atoms. The summed E-state index contributed by atoms with van der Waals surface area (Å²) in [5, 5.41) is 0. The summed E-state index contributed by atoms with van der Waals surface area (Å²) in [6.45, 7) is 0. The van der Waals surface area contributed by atoms with Crippen LogP contribution in [0, 0.1) is 0 Å². The van der Waals surface area contributed by atoms with Gasteiger partial charge in [0.2, 0.25) is 0 Å². The van der Waals surface area contributed by atoms with E-state index in [4.69, 9.17) is 0 Å². The first-order valence-corrected chi connectivity index (χ1v) is 0. The van der Waals surface area contributed by atoms with Crippen molar-refractivity contribution in [3.05, 3.63) is 0 Å². The Kier molecular flexibility index (Phi) is 760. The van der Waals surface area contributed by atoms with E-state index in [-0.39, 0.29) is 105 Å². The molecule has 0 aromatic carbocycles. The summed E-state index contributed by atoms with van der Waals surface area (Å²) in [4.78, 5) is 0. The third-order valence-corrected chi connectivity index (χ3v) is 0.